The summed E-state index contributed by atoms with van der Waals surface area (Å²) in [5, 5.41) is 9.16. The molecular weight excluding hydrogens is 208 g/mol. The molecule has 0 bridgehead atoms. The first-order chi connectivity index (χ1) is 7.41. The van der Waals surface area contributed by atoms with Gasteiger partial charge in [-0.25, -0.2) is 4.79 Å². The minimum atomic E-state index is -1.02. The van der Waals surface area contributed by atoms with Crippen molar-refractivity contribution in [2.75, 3.05) is 13.1 Å². The van der Waals surface area contributed by atoms with Gasteiger partial charge in [0.15, 0.2) is 0 Å². The molecule has 92 valence electrons. The van der Waals surface area contributed by atoms with Crippen molar-refractivity contribution in [3.05, 3.63) is 0 Å². The molecule has 1 saturated heterocycles. The summed E-state index contributed by atoms with van der Waals surface area (Å²) in [5.74, 6) is -0.912. The molecule has 1 aliphatic rings. The van der Waals surface area contributed by atoms with Gasteiger partial charge >= 0.3 is 5.97 Å². The molecule has 16 heavy (non-hydrogen) atoms. The molecule has 0 aliphatic carbocycles. The highest BCUT2D eigenvalue weighted by atomic mass is 16.4. The molecule has 2 atom stereocenters. The number of carboxylic acid groups (broad SMARTS) is 1. The standard InChI is InChI=1S/C11H20N2O3/c1-8(7-12)6-9(14)13-5-3-4-11(13,2)10(15)16/h8H,3-7,12H2,1-2H3,(H,15,16). The SMILES string of the molecule is CC(CN)CC(=O)N1CCCC1(C)C(=O)O. The van der Waals surface area contributed by atoms with Crippen LogP contribution in [0.25, 0.3) is 0 Å². The highest BCUT2D eigenvalue weighted by Crippen LogP contribution is 2.30. The van der Waals surface area contributed by atoms with Crippen LogP contribution < -0.4 is 5.73 Å². The third-order valence-electron chi connectivity index (χ3n) is 3.33. The Hall–Kier alpha value is -1.10. The van der Waals surface area contributed by atoms with Crippen molar-refractivity contribution in [3.63, 3.8) is 0 Å². The van der Waals surface area contributed by atoms with Gasteiger partial charge < -0.3 is 15.7 Å². The van der Waals surface area contributed by atoms with E-state index in [2.05, 4.69) is 0 Å². The van der Waals surface area contributed by atoms with Gasteiger partial charge in [0.05, 0.1) is 0 Å². The van der Waals surface area contributed by atoms with E-state index in [4.69, 9.17) is 10.8 Å². The predicted octanol–water partition coefficient (Wildman–Crippen LogP) is 0.437. The molecule has 0 aromatic carbocycles. The van der Waals surface area contributed by atoms with Gasteiger partial charge in [-0.3, -0.25) is 4.79 Å². The maximum absolute atomic E-state index is 11.9. The minimum Gasteiger partial charge on any atom is -0.480 e. The van der Waals surface area contributed by atoms with Gasteiger partial charge in [-0.05, 0) is 32.2 Å². The van der Waals surface area contributed by atoms with Crippen LogP contribution in [0.5, 0.6) is 0 Å². The van der Waals surface area contributed by atoms with Crippen LogP contribution in [0, 0.1) is 5.92 Å². The summed E-state index contributed by atoms with van der Waals surface area (Å²) in [6, 6.07) is 0. The summed E-state index contributed by atoms with van der Waals surface area (Å²) in [4.78, 5) is 24.6. The van der Waals surface area contributed by atoms with Gasteiger partial charge in [0.1, 0.15) is 5.54 Å². The van der Waals surface area contributed by atoms with Crippen molar-refractivity contribution >= 4 is 11.9 Å². The zero-order valence-corrected chi connectivity index (χ0v) is 9.90. The van der Waals surface area contributed by atoms with Crippen LogP contribution in [-0.4, -0.2) is 40.5 Å². The molecule has 2 unspecified atom stereocenters. The predicted molar refractivity (Wildman–Crippen MR) is 59.8 cm³/mol. The van der Waals surface area contributed by atoms with Gasteiger partial charge in [-0.1, -0.05) is 6.92 Å². The molecule has 3 N–H and O–H groups in total. The first-order valence-corrected chi connectivity index (χ1v) is 5.65. The molecule has 1 fully saturated rings. The number of amides is 1. The monoisotopic (exact) mass is 228 g/mol. The normalized spacial score (nSPS) is 26.8. The van der Waals surface area contributed by atoms with Crippen molar-refractivity contribution in [2.24, 2.45) is 11.7 Å². The van der Waals surface area contributed by atoms with E-state index in [-0.39, 0.29) is 11.8 Å². The molecule has 0 aromatic heterocycles. The highest BCUT2D eigenvalue weighted by Gasteiger charge is 2.45. The third-order valence-corrected chi connectivity index (χ3v) is 3.33. The summed E-state index contributed by atoms with van der Waals surface area (Å²) >= 11 is 0. The third kappa shape index (κ3) is 2.35. The molecular formula is C11H20N2O3. The number of hydrogen-bond donors (Lipinski definition) is 2. The van der Waals surface area contributed by atoms with E-state index >= 15 is 0 Å². The van der Waals surface area contributed by atoms with Gasteiger partial charge in [0.2, 0.25) is 5.91 Å². The number of hydrogen-bond acceptors (Lipinski definition) is 3. The van der Waals surface area contributed by atoms with Crippen molar-refractivity contribution in [1.82, 2.24) is 4.90 Å². The Morgan fingerprint density at radius 3 is 2.69 bits per heavy atom. The summed E-state index contributed by atoms with van der Waals surface area (Å²) in [6.07, 6.45) is 1.62. The lowest BCUT2D eigenvalue weighted by molar-refractivity contribution is -0.155. The molecule has 0 saturated carbocycles. The first kappa shape index (κ1) is 13.0. The van der Waals surface area contributed by atoms with Crippen LogP contribution in [0.1, 0.15) is 33.1 Å². The Morgan fingerprint density at radius 1 is 1.56 bits per heavy atom. The van der Waals surface area contributed by atoms with Gasteiger partial charge in [0.25, 0.3) is 0 Å². The molecule has 1 amide bonds. The largest absolute Gasteiger partial charge is 0.480 e. The van der Waals surface area contributed by atoms with Crippen LogP contribution in [-0.2, 0) is 9.59 Å². The molecule has 0 aromatic rings. The van der Waals surface area contributed by atoms with Crippen molar-refractivity contribution in [1.29, 1.82) is 0 Å². The van der Waals surface area contributed by atoms with E-state index < -0.39 is 11.5 Å². The van der Waals surface area contributed by atoms with E-state index in [9.17, 15) is 9.59 Å². The Morgan fingerprint density at radius 2 is 2.19 bits per heavy atom. The number of rotatable bonds is 4. The summed E-state index contributed by atoms with van der Waals surface area (Å²) < 4.78 is 0. The average molecular weight is 228 g/mol. The van der Waals surface area contributed by atoms with Crippen LogP contribution in [0.15, 0.2) is 0 Å². The van der Waals surface area contributed by atoms with E-state index in [1.54, 1.807) is 6.92 Å². The van der Waals surface area contributed by atoms with E-state index in [1.807, 2.05) is 6.92 Å². The second-order valence-corrected chi connectivity index (χ2v) is 4.77. The lowest BCUT2D eigenvalue weighted by atomic mass is 9.98. The molecule has 0 radical (unpaired) electrons. The topological polar surface area (TPSA) is 83.6 Å². The second-order valence-electron chi connectivity index (χ2n) is 4.77. The molecule has 0 spiro atoms. The average Bonchev–Trinajstić information content (AvgIpc) is 2.61. The lowest BCUT2D eigenvalue weighted by Gasteiger charge is -2.31. The summed E-state index contributed by atoms with van der Waals surface area (Å²) in [6.45, 7) is 4.50. The summed E-state index contributed by atoms with van der Waals surface area (Å²) in [5.41, 5.74) is 4.44. The van der Waals surface area contributed by atoms with Crippen LogP contribution in [0.3, 0.4) is 0 Å². The van der Waals surface area contributed by atoms with Gasteiger partial charge in [0, 0.05) is 13.0 Å². The van der Waals surface area contributed by atoms with Crippen molar-refractivity contribution < 1.29 is 14.7 Å². The number of nitrogens with zero attached hydrogens (tertiary/aromatic N) is 1. The number of carbonyl (C=O) groups excluding carboxylic acids is 1. The fourth-order valence-electron chi connectivity index (χ4n) is 2.08. The smallest absolute Gasteiger partial charge is 0.329 e. The van der Waals surface area contributed by atoms with Crippen molar-refractivity contribution in [3.8, 4) is 0 Å². The Kier molecular flexibility index (Phi) is 3.91. The van der Waals surface area contributed by atoms with Crippen LogP contribution in [0.2, 0.25) is 0 Å². The fourth-order valence-corrected chi connectivity index (χ4v) is 2.08. The van der Waals surface area contributed by atoms with E-state index in [1.165, 1.54) is 4.90 Å². The second kappa shape index (κ2) is 4.82. The zero-order valence-electron chi connectivity index (χ0n) is 9.90. The van der Waals surface area contributed by atoms with Crippen LogP contribution in [0.4, 0.5) is 0 Å². The minimum absolute atomic E-state index is 0.0969. The number of aliphatic carboxylic acids is 1. The number of likely N-dealkylation sites (tertiary alicyclic amines) is 1. The van der Waals surface area contributed by atoms with Crippen LogP contribution >= 0.6 is 0 Å². The Balaban J connectivity index is 2.72. The summed E-state index contributed by atoms with van der Waals surface area (Å²) in [7, 11) is 0. The maximum atomic E-state index is 11.9. The highest BCUT2D eigenvalue weighted by molar-refractivity contribution is 5.87. The van der Waals surface area contributed by atoms with E-state index in [0.29, 0.717) is 25.9 Å². The maximum Gasteiger partial charge on any atom is 0.329 e. The van der Waals surface area contributed by atoms with Gasteiger partial charge in [-0.2, -0.15) is 0 Å². The van der Waals surface area contributed by atoms with Crippen molar-refractivity contribution in [2.45, 2.75) is 38.6 Å². The Labute approximate surface area is 95.6 Å². The number of carboxylic acids is 1. The zero-order chi connectivity index (χ0) is 12.3. The number of carbonyl (C=O) groups is 2. The lowest BCUT2D eigenvalue weighted by Crippen LogP contribution is -2.51. The number of nitrogens with two attached hydrogens (primary N) is 1. The molecule has 5 nitrogen and oxygen atoms in total. The first-order valence-electron chi connectivity index (χ1n) is 5.65. The molecule has 5 heteroatoms. The van der Waals surface area contributed by atoms with E-state index in [0.717, 1.165) is 6.42 Å². The quantitative estimate of drug-likeness (QED) is 0.731. The van der Waals surface area contributed by atoms with Gasteiger partial charge in [-0.15, -0.1) is 0 Å². The Bertz CT molecular complexity index is 293. The molecule has 1 aliphatic heterocycles. The fraction of sp³-hybridized carbons (Fsp3) is 0.818. The molecule has 1 heterocycles. The molecule has 1 rings (SSSR count).